The third kappa shape index (κ3) is 5.08. The number of carbonyl (C=O) groups is 1. The molecule has 6 nitrogen and oxygen atoms in total. The van der Waals surface area contributed by atoms with E-state index in [9.17, 15) is 13.2 Å². The molecule has 1 unspecified atom stereocenters. The molecule has 0 aliphatic carbocycles. The molecule has 1 fully saturated rings. The molecule has 1 saturated heterocycles. The van der Waals surface area contributed by atoms with E-state index >= 15 is 0 Å². The van der Waals surface area contributed by atoms with Crippen molar-refractivity contribution in [2.45, 2.75) is 26.7 Å². The lowest BCUT2D eigenvalue weighted by atomic mass is 9.89. The standard InChI is InChI=1S/C12H25N3O3S/c1-12(2,9-13)11(16)15-6-4-5-10(8-15)7-14-19(3,17)18/h10,14H,4-9,13H2,1-3H3. The van der Waals surface area contributed by atoms with Gasteiger partial charge in [-0.05, 0) is 32.6 Å². The second-order valence-electron chi connectivity index (χ2n) is 5.97. The van der Waals surface area contributed by atoms with Crippen molar-refractivity contribution in [1.29, 1.82) is 0 Å². The monoisotopic (exact) mass is 291 g/mol. The molecule has 1 heterocycles. The number of nitrogens with one attached hydrogen (secondary N) is 1. The topological polar surface area (TPSA) is 92.5 Å². The van der Waals surface area contributed by atoms with E-state index in [0.29, 0.717) is 19.6 Å². The van der Waals surface area contributed by atoms with Crippen molar-refractivity contribution < 1.29 is 13.2 Å². The van der Waals surface area contributed by atoms with Crippen LogP contribution in [0.4, 0.5) is 0 Å². The molecule has 1 atom stereocenters. The third-order valence-electron chi connectivity index (χ3n) is 3.53. The number of carbonyl (C=O) groups excluding carboxylic acids is 1. The van der Waals surface area contributed by atoms with E-state index in [-0.39, 0.29) is 11.8 Å². The predicted molar refractivity (Wildman–Crippen MR) is 75.0 cm³/mol. The van der Waals surface area contributed by atoms with Crippen molar-refractivity contribution in [3.05, 3.63) is 0 Å². The Kier molecular flexibility index (Phi) is 5.34. The number of nitrogens with two attached hydrogens (primary N) is 1. The van der Waals surface area contributed by atoms with Crippen molar-refractivity contribution in [1.82, 2.24) is 9.62 Å². The Balaban J connectivity index is 2.57. The van der Waals surface area contributed by atoms with Crippen LogP contribution in [-0.2, 0) is 14.8 Å². The van der Waals surface area contributed by atoms with Crippen LogP contribution in [0, 0.1) is 11.3 Å². The van der Waals surface area contributed by atoms with Crippen molar-refractivity contribution in [2.24, 2.45) is 17.1 Å². The van der Waals surface area contributed by atoms with Gasteiger partial charge >= 0.3 is 0 Å². The highest BCUT2D eigenvalue weighted by atomic mass is 32.2. The predicted octanol–water partition coefficient (Wildman–Crippen LogP) is -0.241. The Labute approximate surface area is 115 Å². The summed E-state index contributed by atoms with van der Waals surface area (Å²) >= 11 is 0. The van der Waals surface area contributed by atoms with Gasteiger partial charge in [0, 0.05) is 26.2 Å². The molecular formula is C12H25N3O3S. The lowest BCUT2D eigenvalue weighted by Gasteiger charge is -2.37. The quantitative estimate of drug-likeness (QED) is 0.731. The molecule has 19 heavy (non-hydrogen) atoms. The van der Waals surface area contributed by atoms with Gasteiger partial charge in [-0.2, -0.15) is 0 Å². The number of amides is 1. The maximum absolute atomic E-state index is 12.3. The minimum absolute atomic E-state index is 0.0547. The van der Waals surface area contributed by atoms with Crippen LogP contribution in [-0.4, -0.2) is 51.7 Å². The van der Waals surface area contributed by atoms with Gasteiger partial charge < -0.3 is 10.6 Å². The number of nitrogens with zero attached hydrogens (tertiary/aromatic N) is 1. The summed E-state index contributed by atoms with van der Waals surface area (Å²) in [6.07, 6.45) is 2.99. The Morgan fingerprint density at radius 3 is 2.63 bits per heavy atom. The minimum atomic E-state index is -3.17. The molecule has 1 amide bonds. The molecular weight excluding hydrogens is 266 g/mol. The summed E-state index contributed by atoms with van der Waals surface area (Å²) < 4.78 is 24.7. The van der Waals surface area contributed by atoms with E-state index in [1.807, 2.05) is 18.7 Å². The zero-order valence-electron chi connectivity index (χ0n) is 12.0. The Bertz CT molecular complexity index is 420. The summed E-state index contributed by atoms with van der Waals surface area (Å²) in [4.78, 5) is 14.1. The smallest absolute Gasteiger partial charge is 0.229 e. The fraction of sp³-hybridized carbons (Fsp3) is 0.917. The van der Waals surface area contributed by atoms with Gasteiger partial charge in [-0.25, -0.2) is 13.1 Å². The lowest BCUT2D eigenvalue weighted by Crippen LogP contribution is -2.50. The maximum atomic E-state index is 12.3. The second kappa shape index (κ2) is 6.19. The van der Waals surface area contributed by atoms with E-state index in [2.05, 4.69) is 4.72 Å². The number of rotatable bonds is 5. The zero-order chi connectivity index (χ0) is 14.7. The molecule has 112 valence electrons. The summed E-state index contributed by atoms with van der Waals surface area (Å²) in [5, 5.41) is 0. The lowest BCUT2D eigenvalue weighted by molar-refractivity contribution is -0.141. The van der Waals surface area contributed by atoms with Gasteiger partial charge in [0.1, 0.15) is 0 Å². The van der Waals surface area contributed by atoms with Crippen molar-refractivity contribution in [3.63, 3.8) is 0 Å². The van der Waals surface area contributed by atoms with Crippen molar-refractivity contribution in [2.75, 3.05) is 32.4 Å². The van der Waals surface area contributed by atoms with Gasteiger partial charge in [-0.3, -0.25) is 4.79 Å². The van der Waals surface area contributed by atoms with Gasteiger partial charge in [-0.1, -0.05) is 0 Å². The van der Waals surface area contributed by atoms with Crippen LogP contribution in [0.25, 0.3) is 0 Å². The van der Waals surface area contributed by atoms with Crippen LogP contribution < -0.4 is 10.5 Å². The van der Waals surface area contributed by atoms with E-state index in [1.165, 1.54) is 0 Å². The highest BCUT2D eigenvalue weighted by Gasteiger charge is 2.33. The zero-order valence-corrected chi connectivity index (χ0v) is 12.8. The molecule has 1 aliphatic rings. The molecule has 0 aromatic heterocycles. The summed E-state index contributed by atoms with van der Waals surface area (Å²) in [5.74, 6) is 0.236. The van der Waals surface area contributed by atoms with Gasteiger partial charge in [0.25, 0.3) is 0 Å². The van der Waals surface area contributed by atoms with Crippen LogP contribution in [0.5, 0.6) is 0 Å². The van der Waals surface area contributed by atoms with E-state index in [0.717, 1.165) is 25.6 Å². The second-order valence-corrected chi connectivity index (χ2v) is 7.80. The van der Waals surface area contributed by atoms with E-state index in [4.69, 9.17) is 5.73 Å². The van der Waals surface area contributed by atoms with E-state index < -0.39 is 15.4 Å². The Hall–Kier alpha value is -0.660. The average molecular weight is 291 g/mol. The fourth-order valence-corrected chi connectivity index (χ4v) is 2.74. The molecule has 0 saturated carbocycles. The Morgan fingerprint density at radius 1 is 1.47 bits per heavy atom. The first-order valence-electron chi connectivity index (χ1n) is 6.60. The molecule has 0 aromatic carbocycles. The van der Waals surface area contributed by atoms with E-state index in [1.54, 1.807) is 0 Å². The molecule has 3 N–H and O–H groups in total. The average Bonchev–Trinajstić information content (AvgIpc) is 2.35. The van der Waals surface area contributed by atoms with Gasteiger partial charge in [0.05, 0.1) is 11.7 Å². The first-order chi connectivity index (χ1) is 8.65. The number of likely N-dealkylation sites (tertiary alicyclic amines) is 1. The molecule has 0 radical (unpaired) electrons. The molecule has 0 aromatic rings. The van der Waals surface area contributed by atoms with Crippen LogP contribution in [0.1, 0.15) is 26.7 Å². The number of piperidine rings is 1. The third-order valence-corrected chi connectivity index (χ3v) is 4.22. The summed E-state index contributed by atoms with van der Waals surface area (Å²) in [5.41, 5.74) is 5.08. The maximum Gasteiger partial charge on any atom is 0.229 e. The molecule has 7 heteroatoms. The number of hydrogen-bond acceptors (Lipinski definition) is 4. The first kappa shape index (κ1) is 16.4. The SMILES string of the molecule is CC(C)(CN)C(=O)N1CCCC(CNS(C)(=O)=O)C1. The first-order valence-corrected chi connectivity index (χ1v) is 8.49. The van der Waals surface area contributed by atoms with Gasteiger partial charge in [0.15, 0.2) is 0 Å². The molecule has 0 spiro atoms. The summed E-state index contributed by atoms with van der Waals surface area (Å²) in [6, 6.07) is 0. The van der Waals surface area contributed by atoms with Gasteiger partial charge in [-0.15, -0.1) is 0 Å². The largest absolute Gasteiger partial charge is 0.342 e. The number of sulfonamides is 1. The van der Waals surface area contributed by atoms with Crippen LogP contribution in [0.15, 0.2) is 0 Å². The molecule has 1 rings (SSSR count). The van der Waals surface area contributed by atoms with Crippen LogP contribution in [0.2, 0.25) is 0 Å². The minimum Gasteiger partial charge on any atom is -0.342 e. The van der Waals surface area contributed by atoms with Crippen molar-refractivity contribution >= 4 is 15.9 Å². The summed E-state index contributed by atoms with van der Waals surface area (Å²) in [7, 11) is -3.17. The van der Waals surface area contributed by atoms with Crippen LogP contribution in [0.3, 0.4) is 0 Å². The van der Waals surface area contributed by atoms with Crippen molar-refractivity contribution in [3.8, 4) is 0 Å². The summed E-state index contributed by atoms with van der Waals surface area (Å²) in [6.45, 7) is 5.73. The highest BCUT2D eigenvalue weighted by Crippen LogP contribution is 2.23. The fourth-order valence-electron chi connectivity index (χ4n) is 2.20. The number of hydrogen-bond donors (Lipinski definition) is 2. The van der Waals surface area contributed by atoms with Gasteiger partial charge in [0.2, 0.25) is 15.9 Å². The van der Waals surface area contributed by atoms with Crippen LogP contribution >= 0.6 is 0 Å². The normalized spacial score (nSPS) is 21.5. The Morgan fingerprint density at radius 2 is 2.11 bits per heavy atom. The highest BCUT2D eigenvalue weighted by molar-refractivity contribution is 7.88. The molecule has 1 aliphatic heterocycles. The molecule has 0 bridgehead atoms.